The van der Waals surface area contributed by atoms with Crippen molar-refractivity contribution < 1.29 is 22.8 Å². The molecule has 13 heteroatoms. The normalized spacial score (nSPS) is 21.8. The van der Waals surface area contributed by atoms with Crippen molar-refractivity contribution in [3.63, 3.8) is 0 Å². The molecule has 35 heavy (non-hydrogen) atoms. The van der Waals surface area contributed by atoms with Crippen LogP contribution in [-0.4, -0.2) is 78.7 Å². The number of aryl methyl sites for hydroxylation is 2. The third-order valence-corrected chi connectivity index (χ3v) is 7.05. The lowest BCUT2D eigenvalue weighted by Gasteiger charge is -2.32. The van der Waals surface area contributed by atoms with Crippen molar-refractivity contribution in [2.75, 3.05) is 32.4 Å². The molecule has 3 heterocycles. The molecule has 1 aromatic heterocycles. The van der Waals surface area contributed by atoms with Crippen LogP contribution in [0, 0.1) is 0 Å². The van der Waals surface area contributed by atoms with Gasteiger partial charge in [-0.15, -0.1) is 0 Å². The highest BCUT2D eigenvalue weighted by Gasteiger charge is 2.31. The monoisotopic (exact) mass is 506 g/mol. The van der Waals surface area contributed by atoms with Gasteiger partial charge in [-0.1, -0.05) is 6.07 Å². The van der Waals surface area contributed by atoms with Gasteiger partial charge in [-0.25, -0.2) is 13.2 Å². The first-order chi connectivity index (χ1) is 16.5. The number of benzene rings is 1. The van der Waals surface area contributed by atoms with Crippen molar-refractivity contribution in [2.45, 2.75) is 37.8 Å². The van der Waals surface area contributed by atoms with E-state index < -0.39 is 33.9 Å². The maximum absolute atomic E-state index is 12.9. The summed E-state index contributed by atoms with van der Waals surface area (Å²) < 4.78 is 27.6. The van der Waals surface area contributed by atoms with E-state index in [0.29, 0.717) is 25.0 Å². The number of hydrogen-bond donors (Lipinski definition) is 3. The lowest BCUT2D eigenvalue weighted by atomic mass is 10.0. The minimum absolute atomic E-state index is 0.195. The Morgan fingerprint density at radius 2 is 1.97 bits per heavy atom. The molecule has 2 aromatic rings. The lowest BCUT2D eigenvalue weighted by molar-refractivity contribution is -0.135. The van der Waals surface area contributed by atoms with Crippen LogP contribution in [-0.2, 0) is 37.9 Å². The first-order valence-corrected chi connectivity index (χ1v) is 13.4. The van der Waals surface area contributed by atoms with Gasteiger partial charge in [0.1, 0.15) is 12.1 Å². The number of fused-ring (bicyclic) bond motifs is 1. The number of imide groups is 1. The van der Waals surface area contributed by atoms with Crippen LogP contribution in [0.3, 0.4) is 0 Å². The number of carbonyl (C=O) groups excluding carboxylic acids is 3. The van der Waals surface area contributed by atoms with E-state index in [1.54, 1.807) is 7.05 Å². The maximum atomic E-state index is 12.9. The van der Waals surface area contributed by atoms with E-state index in [1.165, 1.54) is 9.13 Å². The number of nitrogens with zero attached hydrogens (tertiary/aromatic N) is 3. The first-order valence-electron chi connectivity index (χ1n) is 11.5. The van der Waals surface area contributed by atoms with Crippen molar-refractivity contribution in [1.29, 1.82) is 0 Å². The van der Waals surface area contributed by atoms with Gasteiger partial charge >= 0.3 is 5.69 Å². The number of sulfonamides is 1. The van der Waals surface area contributed by atoms with Crippen LogP contribution in [0.2, 0.25) is 0 Å². The number of aromatic nitrogens is 2. The maximum Gasteiger partial charge on any atom is 0.329 e. The summed E-state index contributed by atoms with van der Waals surface area (Å²) >= 11 is 0. The molecule has 12 nitrogen and oxygen atoms in total. The fourth-order valence-electron chi connectivity index (χ4n) is 4.74. The Balaban J connectivity index is 1.40. The van der Waals surface area contributed by atoms with Crippen LogP contribution >= 0.6 is 0 Å². The number of hydrogen-bond acceptors (Lipinski definition) is 8. The lowest BCUT2D eigenvalue weighted by Crippen LogP contribution is -2.57. The molecular formula is C22H30N6O6S. The second-order valence-corrected chi connectivity index (χ2v) is 10.9. The zero-order valence-electron chi connectivity index (χ0n) is 19.7. The van der Waals surface area contributed by atoms with Gasteiger partial charge in [0.25, 0.3) is 5.91 Å². The summed E-state index contributed by atoms with van der Waals surface area (Å²) in [5.41, 5.74) is 2.11. The van der Waals surface area contributed by atoms with Gasteiger partial charge in [0, 0.05) is 33.1 Å². The standard InChI is InChI=1S/C22H30N6O6S/c1-26-18-12-14(4-3-10-27-11-9-23-15(13-27)20(30)25-35(2,33)34)5-6-16(18)28(22(26)32)17-7-8-19(29)24-21(17)31/h5-6,12,15,17,23H,3-4,7-11,13H2,1-2H3,(H,25,30)(H,24,29,31)/t15-,17?/m1/s1. The Bertz CT molecular complexity index is 1330. The van der Waals surface area contributed by atoms with Crippen molar-refractivity contribution in [3.05, 3.63) is 34.2 Å². The molecule has 0 bridgehead atoms. The van der Waals surface area contributed by atoms with E-state index in [0.717, 1.165) is 43.3 Å². The Morgan fingerprint density at radius 3 is 2.69 bits per heavy atom. The zero-order valence-corrected chi connectivity index (χ0v) is 20.6. The van der Waals surface area contributed by atoms with Crippen molar-refractivity contribution in [3.8, 4) is 0 Å². The van der Waals surface area contributed by atoms with Gasteiger partial charge in [-0.2, -0.15) is 0 Å². The van der Waals surface area contributed by atoms with E-state index >= 15 is 0 Å². The predicted molar refractivity (Wildman–Crippen MR) is 128 cm³/mol. The van der Waals surface area contributed by atoms with Gasteiger partial charge in [0.15, 0.2) is 0 Å². The summed E-state index contributed by atoms with van der Waals surface area (Å²) in [6.07, 6.45) is 3.00. The van der Waals surface area contributed by atoms with Crippen LogP contribution in [0.5, 0.6) is 0 Å². The minimum Gasteiger partial charge on any atom is -0.303 e. The van der Waals surface area contributed by atoms with Crippen LogP contribution in [0.4, 0.5) is 0 Å². The van der Waals surface area contributed by atoms with Crippen LogP contribution in [0.15, 0.2) is 23.0 Å². The Hall–Kier alpha value is -3.03. The second-order valence-electron chi connectivity index (χ2n) is 9.15. The molecule has 1 aromatic carbocycles. The molecule has 2 atom stereocenters. The molecule has 0 radical (unpaired) electrons. The summed E-state index contributed by atoms with van der Waals surface area (Å²) in [5.74, 6) is -1.34. The highest BCUT2D eigenvalue weighted by molar-refractivity contribution is 7.89. The van der Waals surface area contributed by atoms with Gasteiger partial charge < -0.3 is 5.32 Å². The number of carbonyl (C=O) groups is 3. The van der Waals surface area contributed by atoms with E-state index in [-0.39, 0.29) is 18.0 Å². The number of piperazine rings is 1. The third kappa shape index (κ3) is 5.63. The van der Waals surface area contributed by atoms with E-state index in [2.05, 4.69) is 15.5 Å². The average molecular weight is 507 g/mol. The summed E-state index contributed by atoms with van der Waals surface area (Å²) in [6.45, 7) is 2.50. The fourth-order valence-corrected chi connectivity index (χ4v) is 5.25. The summed E-state index contributed by atoms with van der Waals surface area (Å²) in [5, 5.41) is 5.36. The van der Waals surface area contributed by atoms with Crippen molar-refractivity contribution in [2.24, 2.45) is 7.05 Å². The topological polar surface area (TPSA) is 152 Å². The summed E-state index contributed by atoms with van der Waals surface area (Å²) in [4.78, 5) is 51.0. The molecule has 0 spiro atoms. The van der Waals surface area contributed by atoms with Crippen LogP contribution < -0.4 is 21.0 Å². The Morgan fingerprint density at radius 1 is 1.20 bits per heavy atom. The Labute approximate surface area is 202 Å². The molecule has 2 aliphatic rings. The van der Waals surface area contributed by atoms with Gasteiger partial charge in [-0.05, 0) is 43.5 Å². The average Bonchev–Trinajstić information content (AvgIpc) is 3.03. The highest BCUT2D eigenvalue weighted by Crippen LogP contribution is 2.24. The molecule has 3 amide bonds. The summed E-state index contributed by atoms with van der Waals surface area (Å²) in [6, 6.07) is 4.42. The van der Waals surface area contributed by atoms with Crippen molar-refractivity contribution in [1.82, 2.24) is 29.4 Å². The zero-order chi connectivity index (χ0) is 25.3. The number of piperidine rings is 1. The molecule has 3 N–H and O–H groups in total. The van der Waals surface area contributed by atoms with E-state index in [9.17, 15) is 27.6 Å². The molecule has 2 fully saturated rings. The number of imidazole rings is 1. The van der Waals surface area contributed by atoms with Crippen LogP contribution in [0.1, 0.15) is 30.9 Å². The molecule has 4 rings (SSSR count). The SMILES string of the molecule is Cn1c(=O)n(C2CCC(=O)NC2=O)c2ccc(CCCN3CCN[C@@H](C(=O)NS(C)(=O)=O)C3)cc21. The van der Waals surface area contributed by atoms with E-state index in [4.69, 9.17) is 0 Å². The molecule has 2 aliphatic heterocycles. The largest absolute Gasteiger partial charge is 0.329 e. The summed E-state index contributed by atoms with van der Waals surface area (Å²) in [7, 11) is -1.93. The minimum atomic E-state index is -3.60. The van der Waals surface area contributed by atoms with E-state index in [1.807, 2.05) is 22.9 Å². The molecule has 1 unspecified atom stereocenters. The Kier molecular flexibility index (Phi) is 7.10. The molecule has 2 saturated heterocycles. The highest BCUT2D eigenvalue weighted by atomic mass is 32.2. The number of rotatable bonds is 7. The quantitative estimate of drug-likeness (QED) is 0.388. The number of nitrogens with one attached hydrogen (secondary N) is 3. The third-order valence-electron chi connectivity index (χ3n) is 6.48. The van der Waals surface area contributed by atoms with Crippen molar-refractivity contribution >= 4 is 38.8 Å². The first kappa shape index (κ1) is 25.1. The second kappa shape index (κ2) is 9.91. The van der Waals surface area contributed by atoms with Gasteiger partial charge in [-0.3, -0.25) is 38.5 Å². The van der Waals surface area contributed by atoms with Gasteiger partial charge in [0.05, 0.1) is 17.3 Å². The molecular weight excluding hydrogens is 476 g/mol. The van der Waals surface area contributed by atoms with Gasteiger partial charge in [0.2, 0.25) is 21.8 Å². The smallest absolute Gasteiger partial charge is 0.303 e. The molecule has 190 valence electrons. The fraction of sp³-hybridized carbons (Fsp3) is 0.545. The predicted octanol–water partition coefficient (Wildman–Crippen LogP) is -1.40. The van der Waals surface area contributed by atoms with Crippen LogP contribution in [0.25, 0.3) is 11.0 Å². The molecule has 0 saturated carbocycles. The molecule has 0 aliphatic carbocycles. The number of amides is 3.